The van der Waals surface area contributed by atoms with E-state index in [1.54, 1.807) is 24.0 Å². The number of sulfonamides is 1. The van der Waals surface area contributed by atoms with E-state index >= 15 is 0 Å². The van der Waals surface area contributed by atoms with Crippen LogP contribution in [0.2, 0.25) is 0 Å². The summed E-state index contributed by atoms with van der Waals surface area (Å²) in [6, 6.07) is -0.132. The highest BCUT2D eigenvalue weighted by Crippen LogP contribution is 2.25. The van der Waals surface area contributed by atoms with E-state index in [0.29, 0.717) is 26.0 Å². The highest BCUT2D eigenvalue weighted by molar-refractivity contribution is 7.89. The lowest BCUT2D eigenvalue weighted by Gasteiger charge is -2.23. The first-order valence-corrected chi connectivity index (χ1v) is 9.37. The van der Waals surface area contributed by atoms with Gasteiger partial charge < -0.3 is 9.47 Å². The van der Waals surface area contributed by atoms with Crippen molar-refractivity contribution < 1.29 is 17.9 Å². The van der Waals surface area contributed by atoms with Crippen LogP contribution in [0.1, 0.15) is 17.0 Å². The van der Waals surface area contributed by atoms with Gasteiger partial charge in [-0.1, -0.05) is 0 Å². The Kier molecular flexibility index (Phi) is 5.73. The van der Waals surface area contributed by atoms with Crippen molar-refractivity contribution in [2.75, 3.05) is 33.1 Å². The lowest BCUT2D eigenvalue weighted by Crippen LogP contribution is -2.40. The largest absolute Gasteiger partial charge is 0.383 e. The molecule has 2 atom stereocenters. The number of methoxy groups -OCH3 is 2. The van der Waals surface area contributed by atoms with E-state index < -0.39 is 10.0 Å². The van der Waals surface area contributed by atoms with Crippen LogP contribution in [0.15, 0.2) is 5.51 Å². The standard InChI is InChI=1S/C13H22N2O4S2/c1-10-13(20-9-14-10)4-5-21(16,17)15-7-12(19-3)6-11(15)8-18-2/h9,11-12H,4-8H2,1-3H3/t11-,12-/m0/s1. The van der Waals surface area contributed by atoms with Crippen molar-refractivity contribution in [3.63, 3.8) is 0 Å². The fourth-order valence-corrected chi connectivity index (χ4v) is 5.21. The molecule has 0 unspecified atom stereocenters. The molecule has 1 aliphatic rings. The fraction of sp³-hybridized carbons (Fsp3) is 0.769. The normalized spacial score (nSPS) is 23.8. The van der Waals surface area contributed by atoms with Crippen molar-refractivity contribution in [3.05, 3.63) is 16.1 Å². The molecular formula is C13H22N2O4S2. The van der Waals surface area contributed by atoms with Gasteiger partial charge in [0.2, 0.25) is 10.0 Å². The number of thiazole rings is 1. The first-order valence-electron chi connectivity index (χ1n) is 6.88. The predicted molar refractivity (Wildman–Crippen MR) is 82.1 cm³/mol. The Balaban J connectivity index is 2.05. The van der Waals surface area contributed by atoms with E-state index in [9.17, 15) is 8.42 Å². The fourth-order valence-electron chi connectivity index (χ4n) is 2.61. The summed E-state index contributed by atoms with van der Waals surface area (Å²) in [7, 11) is -0.110. The third-order valence-electron chi connectivity index (χ3n) is 3.81. The second-order valence-corrected chi connectivity index (χ2v) is 8.18. The van der Waals surface area contributed by atoms with Crippen molar-refractivity contribution in [2.24, 2.45) is 0 Å². The Bertz CT molecular complexity index is 558. The van der Waals surface area contributed by atoms with Gasteiger partial charge >= 0.3 is 0 Å². The second-order valence-electron chi connectivity index (χ2n) is 5.20. The topological polar surface area (TPSA) is 68.7 Å². The van der Waals surface area contributed by atoms with Gasteiger partial charge in [-0.05, 0) is 19.8 Å². The molecule has 1 aromatic heterocycles. The molecule has 0 spiro atoms. The van der Waals surface area contributed by atoms with Crippen LogP contribution in [0.5, 0.6) is 0 Å². The maximum Gasteiger partial charge on any atom is 0.214 e. The predicted octanol–water partition coefficient (Wildman–Crippen LogP) is 1.06. The van der Waals surface area contributed by atoms with Gasteiger partial charge in [-0.15, -0.1) is 11.3 Å². The van der Waals surface area contributed by atoms with Gasteiger partial charge in [0.25, 0.3) is 0 Å². The van der Waals surface area contributed by atoms with Gasteiger partial charge in [-0.25, -0.2) is 13.4 Å². The molecule has 8 heteroatoms. The summed E-state index contributed by atoms with van der Waals surface area (Å²) in [4.78, 5) is 5.19. The smallest absolute Gasteiger partial charge is 0.214 e. The Labute approximate surface area is 130 Å². The van der Waals surface area contributed by atoms with Crippen molar-refractivity contribution >= 4 is 21.4 Å². The van der Waals surface area contributed by atoms with E-state index in [1.165, 1.54) is 11.3 Å². The van der Waals surface area contributed by atoms with Crippen molar-refractivity contribution in [1.82, 2.24) is 9.29 Å². The highest BCUT2D eigenvalue weighted by Gasteiger charge is 2.39. The van der Waals surface area contributed by atoms with E-state index in [2.05, 4.69) is 4.98 Å². The molecule has 1 aliphatic heterocycles. The zero-order chi connectivity index (χ0) is 15.5. The number of hydrogen-bond acceptors (Lipinski definition) is 6. The Morgan fingerprint density at radius 1 is 1.48 bits per heavy atom. The molecule has 0 bridgehead atoms. The number of aromatic nitrogens is 1. The van der Waals surface area contributed by atoms with E-state index in [-0.39, 0.29) is 17.9 Å². The average Bonchev–Trinajstić information content (AvgIpc) is 3.04. The SMILES string of the molecule is COC[C@@H]1C[C@H](OC)CN1S(=O)(=O)CCc1scnc1C. The first-order chi connectivity index (χ1) is 9.97. The van der Waals surface area contributed by atoms with Crippen LogP contribution >= 0.6 is 11.3 Å². The van der Waals surface area contributed by atoms with E-state index in [1.807, 2.05) is 6.92 Å². The molecular weight excluding hydrogens is 312 g/mol. The van der Waals surface area contributed by atoms with Gasteiger partial charge in [0.1, 0.15) is 0 Å². The minimum Gasteiger partial charge on any atom is -0.383 e. The van der Waals surface area contributed by atoms with Crippen molar-refractivity contribution in [2.45, 2.75) is 31.9 Å². The van der Waals surface area contributed by atoms with Crippen LogP contribution in [0.25, 0.3) is 0 Å². The van der Waals surface area contributed by atoms with Crippen LogP contribution in [0, 0.1) is 6.92 Å². The monoisotopic (exact) mass is 334 g/mol. The Morgan fingerprint density at radius 3 is 2.81 bits per heavy atom. The molecule has 0 amide bonds. The zero-order valence-electron chi connectivity index (χ0n) is 12.6. The molecule has 1 fully saturated rings. The molecule has 0 N–H and O–H groups in total. The lowest BCUT2D eigenvalue weighted by molar-refractivity contribution is 0.110. The van der Waals surface area contributed by atoms with Crippen molar-refractivity contribution in [3.8, 4) is 0 Å². The molecule has 6 nitrogen and oxygen atoms in total. The average molecular weight is 334 g/mol. The maximum atomic E-state index is 12.6. The van der Waals surface area contributed by atoms with E-state index in [0.717, 1.165) is 10.6 Å². The number of ether oxygens (including phenoxy) is 2. The van der Waals surface area contributed by atoms with Gasteiger partial charge in [0.15, 0.2) is 0 Å². The van der Waals surface area contributed by atoms with Crippen LogP contribution < -0.4 is 0 Å². The molecule has 0 radical (unpaired) electrons. The third-order valence-corrected chi connectivity index (χ3v) is 6.68. The number of hydrogen-bond donors (Lipinski definition) is 0. The second kappa shape index (κ2) is 7.15. The summed E-state index contributed by atoms with van der Waals surface area (Å²) in [5.74, 6) is 0.104. The summed E-state index contributed by atoms with van der Waals surface area (Å²) in [5, 5.41) is 0. The lowest BCUT2D eigenvalue weighted by atomic mass is 10.2. The minimum atomic E-state index is -3.32. The number of aryl methyl sites for hydroxylation is 2. The minimum absolute atomic E-state index is 0.0509. The molecule has 21 heavy (non-hydrogen) atoms. The maximum absolute atomic E-state index is 12.6. The quantitative estimate of drug-likeness (QED) is 0.746. The summed E-state index contributed by atoms with van der Waals surface area (Å²) in [6.07, 6.45) is 1.14. The zero-order valence-corrected chi connectivity index (χ0v) is 14.2. The molecule has 0 aliphatic carbocycles. The van der Waals surface area contributed by atoms with Gasteiger partial charge in [0.05, 0.1) is 35.7 Å². The van der Waals surface area contributed by atoms with Crippen LogP contribution in [-0.4, -0.2) is 63.0 Å². The summed E-state index contributed by atoms with van der Waals surface area (Å²) in [6.45, 7) is 2.72. The van der Waals surface area contributed by atoms with Crippen LogP contribution in [0.3, 0.4) is 0 Å². The summed E-state index contributed by atoms with van der Waals surface area (Å²) < 4.78 is 37.2. The Hall–Kier alpha value is -0.540. The molecule has 120 valence electrons. The summed E-state index contributed by atoms with van der Waals surface area (Å²) in [5.41, 5.74) is 2.67. The molecule has 2 heterocycles. The van der Waals surface area contributed by atoms with Gasteiger partial charge in [-0.2, -0.15) is 4.31 Å². The first kappa shape index (κ1) is 16.8. The Morgan fingerprint density at radius 2 is 2.24 bits per heavy atom. The van der Waals surface area contributed by atoms with Gasteiger partial charge in [-0.3, -0.25) is 0 Å². The molecule has 1 aromatic rings. The summed E-state index contributed by atoms with van der Waals surface area (Å²) >= 11 is 1.51. The van der Waals surface area contributed by atoms with Crippen molar-refractivity contribution in [1.29, 1.82) is 0 Å². The number of nitrogens with zero attached hydrogens (tertiary/aromatic N) is 2. The molecule has 1 saturated heterocycles. The molecule has 2 rings (SSSR count). The highest BCUT2D eigenvalue weighted by atomic mass is 32.2. The number of rotatable bonds is 7. The molecule has 0 aromatic carbocycles. The van der Waals surface area contributed by atoms with E-state index in [4.69, 9.17) is 9.47 Å². The van der Waals surface area contributed by atoms with Crippen LogP contribution in [0.4, 0.5) is 0 Å². The van der Waals surface area contributed by atoms with Crippen LogP contribution in [-0.2, 0) is 25.9 Å². The van der Waals surface area contributed by atoms with Gasteiger partial charge in [0, 0.05) is 25.6 Å². The molecule has 0 saturated carbocycles. The third kappa shape index (κ3) is 4.01.